The molecule has 152 valence electrons. The van der Waals surface area contributed by atoms with E-state index in [1.807, 2.05) is 42.5 Å². The Labute approximate surface area is 172 Å². The van der Waals surface area contributed by atoms with Crippen molar-refractivity contribution in [3.8, 4) is 0 Å². The van der Waals surface area contributed by atoms with Crippen molar-refractivity contribution >= 4 is 17.6 Å². The van der Waals surface area contributed by atoms with Crippen LogP contribution < -0.4 is 10.6 Å². The second kappa shape index (κ2) is 9.12. The van der Waals surface area contributed by atoms with Crippen LogP contribution in [0.25, 0.3) is 0 Å². The number of hydrogen-bond acceptors (Lipinski definition) is 2. The Morgan fingerprint density at radius 1 is 0.966 bits per heavy atom. The normalized spacial score (nSPS) is 18.6. The summed E-state index contributed by atoms with van der Waals surface area (Å²) >= 11 is 0. The molecule has 2 aliphatic rings. The highest BCUT2D eigenvalue weighted by Gasteiger charge is 2.29. The Hall–Kier alpha value is -2.82. The van der Waals surface area contributed by atoms with Gasteiger partial charge >= 0.3 is 6.03 Å². The number of amides is 3. The van der Waals surface area contributed by atoms with Gasteiger partial charge in [0.2, 0.25) is 5.91 Å². The number of piperidine rings is 1. The smallest absolute Gasteiger partial charge is 0.317 e. The molecule has 1 atom stereocenters. The lowest BCUT2D eigenvalue weighted by Crippen LogP contribution is -2.47. The van der Waals surface area contributed by atoms with Gasteiger partial charge in [0.15, 0.2) is 0 Å². The number of carbonyl (C=O) groups is 2. The Morgan fingerprint density at radius 3 is 2.66 bits per heavy atom. The maximum absolute atomic E-state index is 12.9. The van der Waals surface area contributed by atoms with E-state index >= 15 is 0 Å². The molecule has 1 heterocycles. The standard InChI is InChI=1S/C24H29N3O2/c28-23(26-22-14-6-11-19-10-4-5-13-21(19)22)20-12-7-15-27(17-20)24(29)25-16-18-8-2-1-3-9-18/h1-3,6,8-9,11,14,20H,4-5,7,10,12-13,15-17H2,(H,25,29)(H,26,28)/t20-/m0/s1. The first-order chi connectivity index (χ1) is 14.2. The van der Waals surface area contributed by atoms with E-state index < -0.39 is 0 Å². The van der Waals surface area contributed by atoms with Gasteiger partial charge in [-0.15, -0.1) is 0 Å². The summed E-state index contributed by atoms with van der Waals surface area (Å²) < 4.78 is 0. The Morgan fingerprint density at radius 2 is 1.79 bits per heavy atom. The molecule has 0 spiro atoms. The fourth-order valence-corrected chi connectivity index (χ4v) is 4.39. The molecule has 2 aromatic carbocycles. The number of aryl methyl sites for hydroxylation is 1. The minimum atomic E-state index is -0.161. The minimum absolute atomic E-state index is 0.0320. The highest BCUT2D eigenvalue weighted by molar-refractivity contribution is 5.94. The van der Waals surface area contributed by atoms with E-state index in [2.05, 4.69) is 16.7 Å². The first-order valence-electron chi connectivity index (χ1n) is 10.7. The number of rotatable bonds is 4. The van der Waals surface area contributed by atoms with Gasteiger partial charge in [-0.25, -0.2) is 4.79 Å². The number of hydrogen-bond donors (Lipinski definition) is 2. The van der Waals surface area contributed by atoms with Crippen LogP contribution in [0.5, 0.6) is 0 Å². The number of nitrogens with one attached hydrogen (secondary N) is 2. The third-order valence-corrected chi connectivity index (χ3v) is 6.02. The number of likely N-dealkylation sites (tertiary alicyclic amines) is 1. The molecule has 4 rings (SSSR count). The van der Waals surface area contributed by atoms with Gasteiger partial charge in [0, 0.05) is 25.3 Å². The number of fused-ring (bicyclic) bond motifs is 1. The van der Waals surface area contributed by atoms with Crippen LogP contribution in [0, 0.1) is 5.92 Å². The highest BCUT2D eigenvalue weighted by Crippen LogP contribution is 2.29. The molecular formula is C24H29N3O2. The van der Waals surface area contributed by atoms with E-state index in [4.69, 9.17) is 0 Å². The first kappa shape index (κ1) is 19.5. The van der Waals surface area contributed by atoms with Crippen molar-refractivity contribution in [1.29, 1.82) is 0 Å². The number of nitrogens with zero attached hydrogens (tertiary/aromatic N) is 1. The van der Waals surface area contributed by atoms with E-state index in [9.17, 15) is 9.59 Å². The quantitative estimate of drug-likeness (QED) is 0.823. The molecule has 2 aromatic rings. The Bertz CT molecular complexity index is 866. The Balaban J connectivity index is 1.34. The summed E-state index contributed by atoms with van der Waals surface area (Å²) in [5.74, 6) is -0.129. The number of carbonyl (C=O) groups excluding carboxylic acids is 2. The van der Waals surface area contributed by atoms with Crippen LogP contribution in [0.2, 0.25) is 0 Å². The zero-order valence-corrected chi connectivity index (χ0v) is 16.8. The summed E-state index contributed by atoms with van der Waals surface area (Å²) in [7, 11) is 0. The highest BCUT2D eigenvalue weighted by atomic mass is 16.2. The van der Waals surface area contributed by atoms with E-state index in [-0.39, 0.29) is 17.9 Å². The second-order valence-electron chi connectivity index (χ2n) is 8.07. The zero-order chi connectivity index (χ0) is 20.1. The van der Waals surface area contributed by atoms with Gasteiger partial charge in [-0.2, -0.15) is 0 Å². The van der Waals surface area contributed by atoms with Crippen LogP contribution in [0.15, 0.2) is 48.5 Å². The lowest BCUT2D eigenvalue weighted by atomic mass is 9.90. The summed E-state index contributed by atoms with van der Waals surface area (Å²) in [5, 5.41) is 6.13. The van der Waals surface area contributed by atoms with E-state index in [1.54, 1.807) is 4.90 Å². The first-order valence-corrected chi connectivity index (χ1v) is 10.7. The molecule has 1 saturated heterocycles. The molecule has 0 bridgehead atoms. The van der Waals surface area contributed by atoms with Gasteiger partial charge in [0.25, 0.3) is 0 Å². The van der Waals surface area contributed by atoms with E-state index in [0.29, 0.717) is 19.6 Å². The zero-order valence-electron chi connectivity index (χ0n) is 16.8. The van der Waals surface area contributed by atoms with Gasteiger partial charge in [0.05, 0.1) is 5.92 Å². The van der Waals surface area contributed by atoms with Crippen molar-refractivity contribution in [2.45, 2.75) is 45.1 Å². The monoisotopic (exact) mass is 391 g/mol. The summed E-state index contributed by atoms with van der Waals surface area (Å²) in [6.45, 7) is 1.68. The fourth-order valence-electron chi connectivity index (χ4n) is 4.39. The SMILES string of the molecule is O=C(Nc1cccc2c1CCCC2)[C@H]1CCCN(C(=O)NCc2ccccc2)C1. The van der Waals surface area contributed by atoms with Crippen LogP contribution in [-0.4, -0.2) is 29.9 Å². The molecule has 29 heavy (non-hydrogen) atoms. The van der Waals surface area contributed by atoms with Crippen molar-refractivity contribution in [3.05, 3.63) is 65.2 Å². The Kier molecular flexibility index (Phi) is 6.13. The average molecular weight is 392 g/mol. The molecule has 1 fully saturated rings. The van der Waals surface area contributed by atoms with Gasteiger partial charge in [-0.1, -0.05) is 42.5 Å². The summed E-state index contributed by atoms with van der Waals surface area (Å²) in [6.07, 6.45) is 6.20. The van der Waals surface area contributed by atoms with Gasteiger partial charge in [-0.3, -0.25) is 4.79 Å². The fraction of sp³-hybridized carbons (Fsp3) is 0.417. The molecule has 1 aliphatic heterocycles. The summed E-state index contributed by atoms with van der Waals surface area (Å²) in [6, 6.07) is 16.0. The average Bonchev–Trinajstić information content (AvgIpc) is 2.78. The predicted octanol–water partition coefficient (Wildman–Crippen LogP) is 4.13. The van der Waals surface area contributed by atoms with Crippen LogP contribution in [-0.2, 0) is 24.2 Å². The maximum Gasteiger partial charge on any atom is 0.317 e. The summed E-state index contributed by atoms with van der Waals surface area (Å²) in [5.41, 5.74) is 4.68. The largest absolute Gasteiger partial charge is 0.334 e. The van der Waals surface area contributed by atoms with Gasteiger partial charge in [0.1, 0.15) is 0 Å². The number of benzene rings is 2. The third-order valence-electron chi connectivity index (χ3n) is 6.02. The van der Waals surface area contributed by atoms with Crippen molar-refractivity contribution in [3.63, 3.8) is 0 Å². The third kappa shape index (κ3) is 4.78. The molecule has 0 radical (unpaired) electrons. The predicted molar refractivity (Wildman–Crippen MR) is 115 cm³/mol. The molecule has 5 heteroatoms. The molecule has 0 unspecified atom stereocenters. The maximum atomic E-state index is 12.9. The van der Waals surface area contributed by atoms with Crippen LogP contribution in [0.3, 0.4) is 0 Å². The molecule has 5 nitrogen and oxygen atoms in total. The van der Waals surface area contributed by atoms with Crippen LogP contribution >= 0.6 is 0 Å². The van der Waals surface area contributed by atoms with Gasteiger partial charge in [-0.05, 0) is 61.3 Å². The topological polar surface area (TPSA) is 61.4 Å². The second-order valence-corrected chi connectivity index (χ2v) is 8.07. The lowest BCUT2D eigenvalue weighted by molar-refractivity contribution is -0.121. The number of urea groups is 1. The minimum Gasteiger partial charge on any atom is -0.334 e. The molecule has 0 aromatic heterocycles. The van der Waals surface area contributed by atoms with E-state index in [0.717, 1.165) is 36.9 Å². The van der Waals surface area contributed by atoms with E-state index in [1.165, 1.54) is 24.0 Å². The molecule has 0 saturated carbocycles. The molecule has 2 N–H and O–H groups in total. The van der Waals surface area contributed by atoms with Crippen molar-refractivity contribution in [1.82, 2.24) is 10.2 Å². The molecule has 3 amide bonds. The molecule has 1 aliphatic carbocycles. The van der Waals surface area contributed by atoms with Crippen molar-refractivity contribution < 1.29 is 9.59 Å². The molecular weight excluding hydrogens is 362 g/mol. The lowest BCUT2D eigenvalue weighted by Gasteiger charge is -2.32. The summed E-state index contributed by atoms with van der Waals surface area (Å²) in [4.78, 5) is 27.3. The number of anilines is 1. The van der Waals surface area contributed by atoms with Crippen molar-refractivity contribution in [2.75, 3.05) is 18.4 Å². The van der Waals surface area contributed by atoms with Crippen molar-refractivity contribution in [2.24, 2.45) is 5.92 Å². The van der Waals surface area contributed by atoms with Crippen LogP contribution in [0.1, 0.15) is 42.4 Å². The van der Waals surface area contributed by atoms with Gasteiger partial charge < -0.3 is 15.5 Å². The van der Waals surface area contributed by atoms with Crippen LogP contribution in [0.4, 0.5) is 10.5 Å².